The van der Waals surface area contributed by atoms with E-state index >= 15 is 0 Å². The lowest BCUT2D eigenvalue weighted by Crippen LogP contribution is -2.05. The zero-order valence-electron chi connectivity index (χ0n) is 8.19. The highest BCUT2D eigenvalue weighted by molar-refractivity contribution is 6.02. The fourth-order valence-corrected chi connectivity index (χ4v) is 1.91. The van der Waals surface area contributed by atoms with Crippen molar-refractivity contribution in [2.45, 2.75) is 0 Å². The summed E-state index contributed by atoms with van der Waals surface area (Å²) in [5.41, 5.74) is 1.64. The normalized spacial score (nSPS) is 11.3. The highest BCUT2D eigenvalue weighted by Crippen LogP contribution is 2.19. The van der Waals surface area contributed by atoms with Gasteiger partial charge in [-0.05, 0) is 6.07 Å². The summed E-state index contributed by atoms with van der Waals surface area (Å²) in [6.07, 6.45) is 1.60. The Labute approximate surface area is 85.1 Å². The minimum absolute atomic E-state index is 0.0863. The average molecular weight is 199 g/mol. The second-order valence-electron chi connectivity index (χ2n) is 3.53. The summed E-state index contributed by atoms with van der Waals surface area (Å²) in [6, 6.07) is 7.73. The van der Waals surface area contributed by atoms with Gasteiger partial charge in [0.05, 0.1) is 22.6 Å². The van der Waals surface area contributed by atoms with Crippen LogP contribution in [0.25, 0.3) is 21.8 Å². The first-order valence-corrected chi connectivity index (χ1v) is 4.70. The summed E-state index contributed by atoms with van der Waals surface area (Å²) in [5, 5.41) is 5.76. The maximum atomic E-state index is 11.7. The smallest absolute Gasteiger partial charge is 0.259 e. The molecule has 0 spiro atoms. The van der Waals surface area contributed by atoms with Gasteiger partial charge in [0.25, 0.3) is 5.56 Å². The monoisotopic (exact) mass is 199 g/mol. The lowest BCUT2D eigenvalue weighted by atomic mass is 10.2. The number of benzene rings is 1. The summed E-state index contributed by atoms with van der Waals surface area (Å²) in [4.78, 5) is 14.5. The Morgan fingerprint density at radius 1 is 1.27 bits per heavy atom. The second kappa shape index (κ2) is 2.70. The van der Waals surface area contributed by atoms with Crippen molar-refractivity contribution < 1.29 is 0 Å². The number of nitrogens with zero attached hydrogens (tertiary/aromatic N) is 2. The van der Waals surface area contributed by atoms with E-state index in [4.69, 9.17) is 0 Å². The molecule has 0 radical (unpaired) electrons. The molecular formula is C11H9N3O. The predicted molar refractivity (Wildman–Crippen MR) is 58.8 cm³/mol. The van der Waals surface area contributed by atoms with Crippen LogP contribution in [0, 0.1) is 0 Å². The highest BCUT2D eigenvalue weighted by atomic mass is 16.1. The minimum Gasteiger partial charge on any atom is -0.321 e. The van der Waals surface area contributed by atoms with Crippen molar-refractivity contribution in [2.24, 2.45) is 7.05 Å². The van der Waals surface area contributed by atoms with Crippen LogP contribution in [0.15, 0.2) is 35.3 Å². The van der Waals surface area contributed by atoms with Crippen LogP contribution in [-0.2, 0) is 7.05 Å². The SMILES string of the molecule is Cn1ncc2c(=O)[nH]c3ccccc3c21. The van der Waals surface area contributed by atoms with Gasteiger partial charge in [0.1, 0.15) is 0 Å². The Morgan fingerprint density at radius 2 is 2.07 bits per heavy atom. The van der Waals surface area contributed by atoms with E-state index in [1.807, 2.05) is 31.3 Å². The molecule has 0 aliphatic carbocycles. The lowest BCUT2D eigenvalue weighted by Gasteiger charge is -2.00. The predicted octanol–water partition coefficient (Wildman–Crippen LogP) is 1.41. The van der Waals surface area contributed by atoms with Gasteiger partial charge in [-0.3, -0.25) is 9.48 Å². The van der Waals surface area contributed by atoms with Gasteiger partial charge in [-0.15, -0.1) is 0 Å². The Morgan fingerprint density at radius 3 is 2.93 bits per heavy atom. The maximum absolute atomic E-state index is 11.7. The van der Waals surface area contributed by atoms with Gasteiger partial charge >= 0.3 is 0 Å². The largest absolute Gasteiger partial charge is 0.321 e. The first-order valence-electron chi connectivity index (χ1n) is 4.70. The molecule has 0 aliphatic heterocycles. The molecule has 0 saturated heterocycles. The molecule has 1 aromatic carbocycles. The number of aromatic nitrogens is 3. The molecule has 3 aromatic rings. The molecule has 0 atom stereocenters. The Kier molecular flexibility index (Phi) is 1.48. The van der Waals surface area contributed by atoms with Crippen molar-refractivity contribution in [2.75, 3.05) is 0 Å². The van der Waals surface area contributed by atoms with Crippen molar-refractivity contribution >= 4 is 21.8 Å². The second-order valence-corrected chi connectivity index (χ2v) is 3.53. The molecular weight excluding hydrogens is 190 g/mol. The van der Waals surface area contributed by atoms with Gasteiger partial charge in [-0.25, -0.2) is 0 Å². The van der Waals surface area contributed by atoms with Crippen molar-refractivity contribution in [1.82, 2.24) is 14.8 Å². The number of H-pyrrole nitrogens is 1. The molecule has 0 saturated carbocycles. The summed E-state index contributed by atoms with van der Waals surface area (Å²) in [6.45, 7) is 0. The van der Waals surface area contributed by atoms with E-state index in [1.54, 1.807) is 10.9 Å². The molecule has 4 nitrogen and oxygen atoms in total. The molecule has 2 heterocycles. The fraction of sp³-hybridized carbons (Fsp3) is 0.0909. The third kappa shape index (κ3) is 1.01. The molecule has 0 bridgehead atoms. The number of rotatable bonds is 0. The topological polar surface area (TPSA) is 50.7 Å². The molecule has 0 fully saturated rings. The standard InChI is InChI=1S/C11H9N3O/c1-14-10-7-4-2-3-5-9(7)13-11(15)8(10)6-12-14/h2-6H,1H3,(H,13,15). The zero-order chi connectivity index (χ0) is 10.4. The molecule has 0 aliphatic rings. The molecule has 0 unspecified atom stereocenters. The molecule has 0 amide bonds. The van der Waals surface area contributed by atoms with Crippen molar-refractivity contribution in [3.05, 3.63) is 40.8 Å². The van der Waals surface area contributed by atoms with Crippen molar-refractivity contribution in [1.29, 1.82) is 0 Å². The van der Waals surface area contributed by atoms with Crippen LogP contribution in [0.4, 0.5) is 0 Å². The number of pyridine rings is 1. The third-order valence-electron chi connectivity index (χ3n) is 2.61. The number of para-hydroxylation sites is 1. The fourth-order valence-electron chi connectivity index (χ4n) is 1.91. The van der Waals surface area contributed by atoms with E-state index in [9.17, 15) is 4.79 Å². The molecule has 2 aromatic heterocycles. The number of hydrogen-bond acceptors (Lipinski definition) is 2. The van der Waals surface area contributed by atoms with Crippen LogP contribution in [0.1, 0.15) is 0 Å². The average Bonchev–Trinajstić information content (AvgIpc) is 2.62. The van der Waals surface area contributed by atoms with E-state index in [0.29, 0.717) is 5.39 Å². The van der Waals surface area contributed by atoms with Gasteiger partial charge in [-0.2, -0.15) is 5.10 Å². The molecule has 3 rings (SSSR count). The number of fused-ring (bicyclic) bond motifs is 3. The van der Waals surface area contributed by atoms with E-state index in [-0.39, 0.29) is 5.56 Å². The number of aryl methyl sites for hydroxylation is 1. The first-order chi connectivity index (χ1) is 7.27. The maximum Gasteiger partial charge on any atom is 0.259 e. The summed E-state index contributed by atoms with van der Waals surface area (Å²) < 4.78 is 1.73. The number of aromatic amines is 1. The lowest BCUT2D eigenvalue weighted by molar-refractivity contribution is 0.799. The van der Waals surface area contributed by atoms with E-state index in [2.05, 4.69) is 10.1 Å². The first kappa shape index (κ1) is 8.23. The Hall–Kier alpha value is -2.10. The van der Waals surface area contributed by atoms with Crippen LogP contribution in [0.5, 0.6) is 0 Å². The van der Waals surface area contributed by atoms with Crippen LogP contribution in [-0.4, -0.2) is 14.8 Å². The van der Waals surface area contributed by atoms with E-state index < -0.39 is 0 Å². The number of nitrogens with one attached hydrogen (secondary N) is 1. The van der Waals surface area contributed by atoms with Gasteiger partial charge in [0.15, 0.2) is 0 Å². The molecule has 74 valence electrons. The highest BCUT2D eigenvalue weighted by Gasteiger charge is 2.07. The van der Waals surface area contributed by atoms with Gasteiger partial charge in [-0.1, -0.05) is 18.2 Å². The summed E-state index contributed by atoms with van der Waals surface area (Å²) >= 11 is 0. The quantitative estimate of drug-likeness (QED) is 0.595. The van der Waals surface area contributed by atoms with Crippen LogP contribution >= 0.6 is 0 Å². The summed E-state index contributed by atoms with van der Waals surface area (Å²) in [7, 11) is 1.84. The molecule has 4 heteroatoms. The van der Waals surface area contributed by atoms with Crippen molar-refractivity contribution in [3.8, 4) is 0 Å². The summed E-state index contributed by atoms with van der Waals surface area (Å²) in [5.74, 6) is 0. The van der Waals surface area contributed by atoms with E-state index in [1.165, 1.54) is 0 Å². The third-order valence-corrected chi connectivity index (χ3v) is 2.61. The van der Waals surface area contributed by atoms with Crippen molar-refractivity contribution in [3.63, 3.8) is 0 Å². The molecule has 15 heavy (non-hydrogen) atoms. The Balaban J connectivity index is 2.74. The van der Waals surface area contributed by atoms with Crippen LogP contribution in [0.3, 0.4) is 0 Å². The van der Waals surface area contributed by atoms with Gasteiger partial charge < -0.3 is 4.98 Å². The zero-order valence-corrected chi connectivity index (χ0v) is 8.19. The number of hydrogen-bond donors (Lipinski definition) is 1. The van der Waals surface area contributed by atoms with Gasteiger partial charge in [0, 0.05) is 12.4 Å². The van der Waals surface area contributed by atoms with Crippen LogP contribution < -0.4 is 5.56 Å². The van der Waals surface area contributed by atoms with Gasteiger partial charge in [0.2, 0.25) is 0 Å². The minimum atomic E-state index is -0.0863. The van der Waals surface area contributed by atoms with Crippen LogP contribution in [0.2, 0.25) is 0 Å². The Bertz CT molecular complexity index is 708. The molecule has 1 N–H and O–H groups in total. The van der Waals surface area contributed by atoms with E-state index in [0.717, 1.165) is 16.4 Å².